The maximum absolute atomic E-state index is 11.9. The molecular formula is C10H15ClN2O3S. The largest absolute Gasteiger partial charge is 0.395 e. The number of hydrogen-bond donors (Lipinski definition) is 2. The Hall–Kier alpha value is -0.690. The monoisotopic (exact) mass is 278 g/mol. The zero-order valence-corrected chi connectivity index (χ0v) is 11.2. The SMILES string of the molecule is CC(C)C(CO)NS(=O)(=O)c1ccc(Cl)nc1. The van der Waals surface area contributed by atoms with Gasteiger partial charge < -0.3 is 5.11 Å². The van der Waals surface area contributed by atoms with Gasteiger partial charge in [-0.3, -0.25) is 0 Å². The molecule has 1 atom stereocenters. The third-order valence-electron chi connectivity index (χ3n) is 2.32. The van der Waals surface area contributed by atoms with Gasteiger partial charge in [0.1, 0.15) is 10.0 Å². The van der Waals surface area contributed by atoms with Crippen molar-refractivity contribution in [2.24, 2.45) is 5.92 Å². The van der Waals surface area contributed by atoms with E-state index in [2.05, 4.69) is 9.71 Å². The first-order valence-electron chi connectivity index (χ1n) is 5.11. The van der Waals surface area contributed by atoms with E-state index >= 15 is 0 Å². The van der Waals surface area contributed by atoms with Gasteiger partial charge in [0.05, 0.1) is 6.61 Å². The molecule has 2 N–H and O–H groups in total. The van der Waals surface area contributed by atoms with Gasteiger partial charge in [0.15, 0.2) is 0 Å². The summed E-state index contributed by atoms with van der Waals surface area (Å²) in [6, 6.07) is 2.25. The van der Waals surface area contributed by atoms with Crippen LogP contribution in [0.2, 0.25) is 5.15 Å². The summed E-state index contributed by atoms with van der Waals surface area (Å²) in [5.41, 5.74) is 0. The standard InChI is InChI=1S/C10H15ClN2O3S/c1-7(2)9(6-14)13-17(15,16)8-3-4-10(11)12-5-8/h3-5,7,9,13-14H,6H2,1-2H3. The van der Waals surface area contributed by atoms with Gasteiger partial charge in [0, 0.05) is 12.2 Å². The van der Waals surface area contributed by atoms with Crippen molar-refractivity contribution in [3.63, 3.8) is 0 Å². The molecule has 1 heterocycles. The third kappa shape index (κ3) is 3.92. The number of nitrogens with one attached hydrogen (secondary N) is 1. The quantitative estimate of drug-likeness (QED) is 0.789. The molecule has 0 saturated carbocycles. The lowest BCUT2D eigenvalue weighted by molar-refractivity contribution is 0.227. The van der Waals surface area contributed by atoms with E-state index in [1.165, 1.54) is 18.3 Å². The fraction of sp³-hybridized carbons (Fsp3) is 0.500. The van der Waals surface area contributed by atoms with Gasteiger partial charge in [-0.05, 0) is 18.1 Å². The molecule has 0 fully saturated rings. The average molecular weight is 279 g/mol. The molecule has 1 aromatic rings. The summed E-state index contributed by atoms with van der Waals surface area (Å²) in [7, 11) is -3.66. The Kier molecular flexibility index (Phi) is 4.88. The highest BCUT2D eigenvalue weighted by molar-refractivity contribution is 7.89. The van der Waals surface area contributed by atoms with Crippen LogP contribution in [0.25, 0.3) is 0 Å². The molecule has 0 bridgehead atoms. The molecule has 17 heavy (non-hydrogen) atoms. The topological polar surface area (TPSA) is 79.3 Å². The molecule has 1 rings (SSSR count). The van der Waals surface area contributed by atoms with Gasteiger partial charge in [-0.25, -0.2) is 18.1 Å². The molecular weight excluding hydrogens is 264 g/mol. The summed E-state index contributed by atoms with van der Waals surface area (Å²) in [5.74, 6) is -0.00460. The lowest BCUT2D eigenvalue weighted by Gasteiger charge is -2.19. The predicted octanol–water partition coefficient (Wildman–Crippen LogP) is 1.03. The summed E-state index contributed by atoms with van der Waals surface area (Å²) in [6.45, 7) is 3.39. The zero-order valence-electron chi connectivity index (χ0n) is 9.59. The van der Waals surface area contributed by atoms with Crippen molar-refractivity contribution >= 4 is 21.6 Å². The van der Waals surface area contributed by atoms with Gasteiger partial charge in [0.2, 0.25) is 10.0 Å². The van der Waals surface area contributed by atoms with E-state index in [9.17, 15) is 8.42 Å². The molecule has 96 valence electrons. The molecule has 5 nitrogen and oxygen atoms in total. The normalized spacial score (nSPS) is 13.9. The van der Waals surface area contributed by atoms with E-state index < -0.39 is 16.1 Å². The number of aromatic nitrogens is 1. The maximum atomic E-state index is 11.9. The highest BCUT2D eigenvalue weighted by atomic mass is 35.5. The number of aliphatic hydroxyl groups is 1. The van der Waals surface area contributed by atoms with Crippen LogP contribution in [0.3, 0.4) is 0 Å². The summed E-state index contributed by atoms with van der Waals surface area (Å²) < 4.78 is 26.2. The molecule has 0 aliphatic rings. The van der Waals surface area contributed by atoms with Crippen molar-refractivity contribution in [3.05, 3.63) is 23.5 Å². The average Bonchev–Trinajstić information content (AvgIpc) is 2.26. The number of sulfonamides is 1. The van der Waals surface area contributed by atoms with Crippen molar-refractivity contribution in [2.45, 2.75) is 24.8 Å². The van der Waals surface area contributed by atoms with E-state index in [0.29, 0.717) is 0 Å². The number of aliphatic hydroxyl groups excluding tert-OH is 1. The van der Waals surface area contributed by atoms with Gasteiger partial charge in [-0.1, -0.05) is 25.4 Å². The minimum Gasteiger partial charge on any atom is -0.395 e. The predicted molar refractivity (Wildman–Crippen MR) is 65.3 cm³/mol. The van der Waals surface area contributed by atoms with Crippen LogP contribution in [-0.4, -0.2) is 31.2 Å². The number of hydrogen-bond acceptors (Lipinski definition) is 4. The van der Waals surface area contributed by atoms with E-state index in [4.69, 9.17) is 16.7 Å². The summed E-state index contributed by atoms with van der Waals surface area (Å²) >= 11 is 5.58. The van der Waals surface area contributed by atoms with Crippen LogP contribution in [0.1, 0.15) is 13.8 Å². The Labute approximate surface area is 106 Å². The first-order chi connectivity index (χ1) is 7.86. The minimum absolute atomic E-state index is 0.00460. The zero-order chi connectivity index (χ0) is 13.1. The van der Waals surface area contributed by atoms with Gasteiger partial charge >= 0.3 is 0 Å². The number of halogens is 1. The third-order valence-corrected chi connectivity index (χ3v) is 4.02. The Morgan fingerprint density at radius 1 is 1.47 bits per heavy atom. The molecule has 0 radical (unpaired) electrons. The van der Waals surface area contributed by atoms with Gasteiger partial charge in [0.25, 0.3) is 0 Å². The van der Waals surface area contributed by atoms with Crippen LogP contribution >= 0.6 is 11.6 Å². The van der Waals surface area contributed by atoms with Crippen molar-refractivity contribution in [1.29, 1.82) is 0 Å². The lowest BCUT2D eigenvalue weighted by Crippen LogP contribution is -2.41. The second kappa shape index (κ2) is 5.77. The van der Waals surface area contributed by atoms with Gasteiger partial charge in [-0.15, -0.1) is 0 Å². The number of rotatable bonds is 5. The molecule has 1 aromatic heterocycles. The van der Waals surface area contributed by atoms with Crippen molar-refractivity contribution < 1.29 is 13.5 Å². The van der Waals surface area contributed by atoms with Crippen molar-refractivity contribution in [1.82, 2.24) is 9.71 Å². The van der Waals surface area contributed by atoms with Crippen LogP contribution in [0.4, 0.5) is 0 Å². The van der Waals surface area contributed by atoms with Crippen LogP contribution in [0, 0.1) is 5.92 Å². The second-order valence-corrected chi connectivity index (χ2v) is 6.07. The fourth-order valence-corrected chi connectivity index (χ4v) is 2.60. The van der Waals surface area contributed by atoms with Crippen molar-refractivity contribution in [3.8, 4) is 0 Å². The van der Waals surface area contributed by atoms with E-state index in [-0.39, 0.29) is 22.6 Å². The summed E-state index contributed by atoms with van der Waals surface area (Å²) in [6.07, 6.45) is 1.18. The first-order valence-corrected chi connectivity index (χ1v) is 6.97. The molecule has 0 aromatic carbocycles. The summed E-state index contributed by atoms with van der Waals surface area (Å²) in [4.78, 5) is 3.74. The molecule has 0 saturated heterocycles. The van der Waals surface area contributed by atoms with E-state index in [0.717, 1.165) is 0 Å². The first kappa shape index (κ1) is 14.4. The van der Waals surface area contributed by atoms with Crippen molar-refractivity contribution in [2.75, 3.05) is 6.61 Å². The molecule has 0 aliphatic carbocycles. The fourth-order valence-electron chi connectivity index (χ4n) is 1.17. The van der Waals surface area contributed by atoms with Crippen LogP contribution in [0.15, 0.2) is 23.2 Å². The van der Waals surface area contributed by atoms with Gasteiger partial charge in [-0.2, -0.15) is 0 Å². The van der Waals surface area contributed by atoms with E-state index in [1.54, 1.807) is 0 Å². The van der Waals surface area contributed by atoms with Crippen LogP contribution in [-0.2, 0) is 10.0 Å². The molecule has 1 unspecified atom stereocenters. The smallest absolute Gasteiger partial charge is 0.242 e. The summed E-state index contributed by atoms with van der Waals surface area (Å²) in [5, 5.41) is 9.32. The Morgan fingerprint density at radius 3 is 2.53 bits per heavy atom. The maximum Gasteiger partial charge on any atom is 0.242 e. The van der Waals surface area contributed by atoms with Crippen LogP contribution in [0.5, 0.6) is 0 Å². The Balaban J connectivity index is 2.92. The number of pyridine rings is 1. The highest BCUT2D eigenvalue weighted by Gasteiger charge is 2.21. The van der Waals surface area contributed by atoms with Crippen LogP contribution < -0.4 is 4.72 Å². The number of nitrogens with zero attached hydrogens (tertiary/aromatic N) is 1. The minimum atomic E-state index is -3.66. The molecule has 0 aliphatic heterocycles. The molecule has 7 heteroatoms. The Morgan fingerprint density at radius 2 is 2.12 bits per heavy atom. The second-order valence-electron chi connectivity index (χ2n) is 3.97. The van der Waals surface area contributed by atoms with E-state index in [1.807, 2.05) is 13.8 Å². The highest BCUT2D eigenvalue weighted by Crippen LogP contribution is 2.12. The Bertz CT molecular complexity index is 459. The molecule has 0 amide bonds. The lowest BCUT2D eigenvalue weighted by atomic mass is 10.1. The molecule has 0 spiro atoms.